The number of nitrogens with zero attached hydrogens (tertiary/aromatic N) is 1. The zero-order chi connectivity index (χ0) is 15.2. The summed E-state index contributed by atoms with van der Waals surface area (Å²) in [6.07, 6.45) is 3.66. The van der Waals surface area contributed by atoms with Crippen LogP contribution in [0, 0.1) is 12.8 Å². The molecule has 1 heterocycles. The van der Waals surface area contributed by atoms with Crippen molar-refractivity contribution in [2.45, 2.75) is 33.6 Å². The van der Waals surface area contributed by atoms with Gasteiger partial charge in [-0.25, -0.2) is 4.98 Å². The molecule has 0 amide bonds. The van der Waals surface area contributed by atoms with Crippen LogP contribution in [0.2, 0.25) is 5.02 Å². The van der Waals surface area contributed by atoms with E-state index in [2.05, 4.69) is 24.1 Å². The van der Waals surface area contributed by atoms with Crippen molar-refractivity contribution >= 4 is 11.6 Å². The fourth-order valence-corrected chi connectivity index (χ4v) is 2.24. The summed E-state index contributed by atoms with van der Waals surface area (Å²) in [4.78, 5) is 4.34. The lowest BCUT2D eigenvalue weighted by atomic mass is 10.1. The van der Waals surface area contributed by atoms with Gasteiger partial charge in [-0.05, 0) is 44.0 Å². The van der Waals surface area contributed by atoms with E-state index in [-0.39, 0.29) is 0 Å². The summed E-state index contributed by atoms with van der Waals surface area (Å²) in [5.74, 6) is 2.25. The van der Waals surface area contributed by atoms with Gasteiger partial charge in [-0.15, -0.1) is 0 Å². The number of hydrogen-bond acceptors (Lipinski definition) is 3. The predicted molar refractivity (Wildman–Crippen MR) is 87.7 cm³/mol. The van der Waals surface area contributed by atoms with Crippen molar-refractivity contribution in [3.05, 3.63) is 40.9 Å². The Kier molecular flexibility index (Phi) is 5.83. The molecule has 1 aromatic carbocycles. The Labute approximate surface area is 131 Å². The Balaban J connectivity index is 1.87. The SMILES string of the molecule is Cc1ccc(-c2cnc(CCCNCC(C)C)o2)cc1Cl. The normalized spacial score (nSPS) is 11.3. The number of rotatable bonds is 7. The fraction of sp³-hybridized carbons (Fsp3) is 0.471. The third kappa shape index (κ3) is 4.87. The van der Waals surface area contributed by atoms with Gasteiger partial charge in [0.2, 0.25) is 0 Å². The van der Waals surface area contributed by atoms with E-state index < -0.39 is 0 Å². The number of oxazole rings is 1. The van der Waals surface area contributed by atoms with Crippen LogP contribution in [0.4, 0.5) is 0 Å². The van der Waals surface area contributed by atoms with Crippen LogP contribution < -0.4 is 5.32 Å². The van der Waals surface area contributed by atoms with E-state index in [1.807, 2.05) is 25.1 Å². The number of aromatic nitrogens is 1. The average Bonchev–Trinajstić information content (AvgIpc) is 2.90. The maximum Gasteiger partial charge on any atom is 0.194 e. The third-order valence-corrected chi connectivity index (χ3v) is 3.71. The number of halogens is 1. The van der Waals surface area contributed by atoms with E-state index in [0.29, 0.717) is 5.92 Å². The van der Waals surface area contributed by atoms with Crippen LogP contribution in [0.1, 0.15) is 31.7 Å². The second kappa shape index (κ2) is 7.62. The van der Waals surface area contributed by atoms with Gasteiger partial charge in [0.15, 0.2) is 11.7 Å². The first-order chi connectivity index (χ1) is 10.1. The van der Waals surface area contributed by atoms with Gasteiger partial charge in [-0.2, -0.15) is 0 Å². The van der Waals surface area contributed by atoms with Crippen molar-refractivity contribution in [3.8, 4) is 11.3 Å². The molecule has 4 heteroatoms. The lowest BCUT2D eigenvalue weighted by Crippen LogP contribution is -2.21. The highest BCUT2D eigenvalue weighted by Crippen LogP contribution is 2.26. The smallest absolute Gasteiger partial charge is 0.194 e. The minimum absolute atomic E-state index is 0.685. The molecule has 0 bridgehead atoms. The van der Waals surface area contributed by atoms with Crippen LogP contribution in [-0.2, 0) is 6.42 Å². The van der Waals surface area contributed by atoms with Crippen molar-refractivity contribution in [1.29, 1.82) is 0 Å². The number of nitrogens with one attached hydrogen (secondary N) is 1. The number of benzene rings is 1. The van der Waals surface area contributed by atoms with Crippen LogP contribution in [0.25, 0.3) is 11.3 Å². The maximum atomic E-state index is 6.14. The molecule has 0 saturated carbocycles. The molecule has 0 unspecified atom stereocenters. The molecule has 0 saturated heterocycles. The van der Waals surface area contributed by atoms with E-state index in [4.69, 9.17) is 16.0 Å². The Hall–Kier alpha value is -1.32. The van der Waals surface area contributed by atoms with Crippen LogP contribution in [-0.4, -0.2) is 18.1 Å². The average molecular weight is 307 g/mol. The van der Waals surface area contributed by atoms with Gasteiger partial charge in [0, 0.05) is 17.0 Å². The molecular weight excluding hydrogens is 284 g/mol. The Morgan fingerprint density at radius 2 is 2.14 bits per heavy atom. The van der Waals surface area contributed by atoms with Crippen molar-refractivity contribution in [3.63, 3.8) is 0 Å². The summed E-state index contributed by atoms with van der Waals surface area (Å²) in [6.45, 7) is 8.45. The van der Waals surface area contributed by atoms with Crippen LogP contribution in [0.15, 0.2) is 28.8 Å². The van der Waals surface area contributed by atoms with Crippen molar-refractivity contribution in [2.24, 2.45) is 5.92 Å². The van der Waals surface area contributed by atoms with Gasteiger partial charge in [0.25, 0.3) is 0 Å². The standard InChI is InChI=1S/C17H23ClN2O/c1-12(2)10-19-8-4-5-17-20-11-16(21-17)14-7-6-13(3)15(18)9-14/h6-7,9,11-12,19H,4-5,8,10H2,1-3H3. The second-order valence-corrected chi connectivity index (χ2v) is 6.19. The molecule has 114 valence electrons. The molecule has 1 N–H and O–H groups in total. The molecule has 0 radical (unpaired) electrons. The van der Waals surface area contributed by atoms with E-state index in [1.54, 1.807) is 6.20 Å². The lowest BCUT2D eigenvalue weighted by Gasteiger charge is -2.05. The monoisotopic (exact) mass is 306 g/mol. The molecule has 0 aliphatic rings. The highest BCUT2D eigenvalue weighted by atomic mass is 35.5. The molecule has 0 aliphatic carbocycles. The number of hydrogen-bond donors (Lipinski definition) is 1. The minimum Gasteiger partial charge on any atom is -0.441 e. The molecule has 21 heavy (non-hydrogen) atoms. The molecule has 0 fully saturated rings. The molecular formula is C17H23ClN2O. The molecule has 3 nitrogen and oxygen atoms in total. The first-order valence-corrected chi connectivity index (χ1v) is 7.86. The zero-order valence-corrected chi connectivity index (χ0v) is 13.7. The van der Waals surface area contributed by atoms with Crippen molar-refractivity contribution < 1.29 is 4.42 Å². The van der Waals surface area contributed by atoms with E-state index in [1.165, 1.54) is 0 Å². The van der Waals surface area contributed by atoms with Crippen molar-refractivity contribution in [2.75, 3.05) is 13.1 Å². The van der Waals surface area contributed by atoms with Gasteiger partial charge < -0.3 is 9.73 Å². The van der Waals surface area contributed by atoms with E-state index in [0.717, 1.165) is 53.7 Å². The van der Waals surface area contributed by atoms with Gasteiger partial charge >= 0.3 is 0 Å². The topological polar surface area (TPSA) is 38.1 Å². The Morgan fingerprint density at radius 3 is 2.86 bits per heavy atom. The van der Waals surface area contributed by atoms with Gasteiger partial charge in [0.1, 0.15) is 0 Å². The maximum absolute atomic E-state index is 6.14. The highest BCUT2D eigenvalue weighted by molar-refractivity contribution is 6.31. The summed E-state index contributed by atoms with van der Waals surface area (Å²) in [7, 11) is 0. The summed E-state index contributed by atoms with van der Waals surface area (Å²) in [5.41, 5.74) is 2.04. The minimum atomic E-state index is 0.685. The van der Waals surface area contributed by atoms with Gasteiger partial charge in [0.05, 0.1) is 6.20 Å². The summed E-state index contributed by atoms with van der Waals surface area (Å²) >= 11 is 6.14. The van der Waals surface area contributed by atoms with Crippen molar-refractivity contribution in [1.82, 2.24) is 10.3 Å². The fourth-order valence-electron chi connectivity index (χ4n) is 2.06. The second-order valence-electron chi connectivity index (χ2n) is 5.78. The molecule has 0 atom stereocenters. The first kappa shape index (κ1) is 16.1. The largest absolute Gasteiger partial charge is 0.441 e. The summed E-state index contributed by atoms with van der Waals surface area (Å²) in [5, 5.41) is 4.17. The number of aryl methyl sites for hydroxylation is 2. The first-order valence-electron chi connectivity index (χ1n) is 7.48. The van der Waals surface area contributed by atoms with Crippen LogP contribution in [0.3, 0.4) is 0 Å². The summed E-state index contributed by atoms with van der Waals surface area (Å²) in [6, 6.07) is 5.93. The van der Waals surface area contributed by atoms with E-state index >= 15 is 0 Å². The third-order valence-electron chi connectivity index (χ3n) is 3.31. The molecule has 0 aliphatic heterocycles. The van der Waals surface area contributed by atoms with E-state index in [9.17, 15) is 0 Å². The zero-order valence-electron chi connectivity index (χ0n) is 12.9. The molecule has 2 rings (SSSR count). The molecule has 1 aromatic heterocycles. The van der Waals surface area contributed by atoms with Crippen LogP contribution in [0.5, 0.6) is 0 Å². The Bertz CT molecular complexity index is 578. The van der Waals surface area contributed by atoms with Gasteiger partial charge in [-0.3, -0.25) is 0 Å². The Morgan fingerprint density at radius 1 is 1.33 bits per heavy atom. The molecule has 2 aromatic rings. The summed E-state index contributed by atoms with van der Waals surface area (Å²) < 4.78 is 5.79. The quantitative estimate of drug-likeness (QED) is 0.766. The predicted octanol–water partition coefficient (Wildman–Crippen LogP) is 4.48. The van der Waals surface area contributed by atoms with Crippen LogP contribution >= 0.6 is 11.6 Å². The lowest BCUT2D eigenvalue weighted by molar-refractivity contribution is 0.483. The van der Waals surface area contributed by atoms with Gasteiger partial charge in [-0.1, -0.05) is 37.6 Å². The highest BCUT2D eigenvalue weighted by Gasteiger charge is 2.07. The molecule has 0 spiro atoms.